The van der Waals surface area contributed by atoms with Crippen molar-refractivity contribution in [1.82, 2.24) is 14.8 Å². The maximum Gasteiger partial charge on any atom is 0.573 e. The number of nitrogens with zero attached hydrogens (tertiary/aromatic N) is 6. The number of ether oxygens (including phenoxy) is 1. The van der Waals surface area contributed by atoms with Gasteiger partial charge in [0.05, 0.1) is 17.1 Å². The molecular formula is C32H29F3N6O3S. The number of rotatable bonds is 8. The van der Waals surface area contributed by atoms with Crippen molar-refractivity contribution in [2.75, 3.05) is 10.7 Å². The Morgan fingerprint density at radius 3 is 2.49 bits per heavy atom. The molecule has 4 aromatic rings. The summed E-state index contributed by atoms with van der Waals surface area (Å²) in [5, 5.41) is 4.74. The van der Waals surface area contributed by atoms with Crippen LogP contribution in [0.1, 0.15) is 37.0 Å². The Morgan fingerprint density at radius 2 is 1.80 bits per heavy atom. The van der Waals surface area contributed by atoms with E-state index in [0.29, 0.717) is 28.8 Å². The Kier molecular flexibility index (Phi) is 9.47. The van der Waals surface area contributed by atoms with Crippen molar-refractivity contribution in [3.63, 3.8) is 0 Å². The number of aromatic nitrogens is 3. The van der Waals surface area contributed by atoms with Gasteiger partial charge in [-0.2, -0.15) is 4.99 Å². The molecule has 9 nitrogen and oxygen atoms in total. The van der Waals surface area contributed by atoms with Crippen LogP contribution in [-0.2, 0) is 17.6 Å². The lowest BCUT2D eigenvalue weighted by Crippen LogP contribution is -2.30. The number of anilines is 1. The van der Waals surface area contributed by atoms with Gasteiger partial charge in [-0.25, -0.2) is 19.5 Å². The lowest BCUT2D eigenvalue weighted by molar-refractivity contribution is -0.274. The van der Waals surface area contributed by atoms with Crippen LogP contribution in [0.15, 0.2) is 83.0 Å². The predicted molar refractivity (Wildman–Crippen MR) is 168 cm³/mol. The van der Waals surface area contributed by atoms with E-state index in [9.17, 15) is 22.8 Å². The number of hydrogen-bond acceptors (Lipinski definition) is 6. The molecule has 1 saturated heterocycles. The second-order valence-electron chi connectivity index (χ2n) is 10.4. The smallest absolute Gasteiger partial charge is 0.406 e. The van der Waals surface area contributed by atoms with Crippen molar-refractivity contribution in [1.29, 1.82) is 0 Å². The third-order valence-corrected chi connectivity index (χ3v) is 7.67. The van der Waals surface area contributed by atoms with Crippen molar-refractivity contribution in [3.05, 3.63) is 89.7 Å². The summed E-state index contributed by atoms with van der Waals surface area (Å²) in [6.45, 7) is 5.77. The Balaban J connectivity index is 1.24. The number of amidine groups is 1. The average Bonchev–Trinajstić information content (AvgIpc) is 3.61. The van der Waals surface area contributed by atoms with Crippen LogP contribution in [0.5, 0.6) is 5.75 Å². The van der Waals surface area contributed by atoms with E-state index < -0.39 is 12.4 Å². The van der Waals surface area contributed by atoms with E-state index in [1.54, 1.807) is 6.92 Å². The first-order valence-corrected chi connectivity index (χ1v) is 15.1. The van der Waals surface area contributed by atoms with Crippen molar-refractivity contribution in [2.24, 2.45) is 9.98 Å². The first kappa shape index (κ1) is 31.6. The highest BCUT2D eigenvalue weighted by atomic mass is 32.2. The molecule has 45 heavy (non-hydrogen) atoms. The molecule has 1 aromatic heterocycles. The lowest BCUT2D eigenvalue weighted by Gasteiger charge is -2.20. The molecule has 1 aliphatic rings. The first-order chi connectivity index (χ1) is 21.5. The molecule has 0 atom stereocenters. The zero-order chi connectivity index (χ0) is 32.1. The molecule has 13 heteroatoms. The van der Waals surface area contributed by atoms with Gasteiger partial charge in [0.25, 0.3) is 0 Å². The molecule has 0 saturated carbocycles. The summed E-state index contributed by atoms with van der Waals surface area (Å²) in [5.74, 6) is 0.185. The summed E-state index contributed by atoms with van der Waals surface area (Å²) in [6, 6.07) is 18.0. The monoisotopic (exact) mass is 634 g/mol. The van der Waals surface area contributed by atoms with Gasteiger partial charge in [0.1, 0.15) is 12.1 Å². The SMILES string of the molecule is CCCc1ccc(C)cc1N1C(=O)CSC1=NC(=O)N=C(C)Cc1ccc(-c2ncn(-c3ccc(OC(F)(F)F)cc3)n2)cc1. The summed E-state index contributed by atoms with van der Waals surface area (Å²) in [6.07, 6.45) is -1.17. The van der Waals surface area contributed by atoms with Gasteiger partial charge in [-0.15, -0.1) is 18.3 Å². The molecule has 3 aromatic carbocycles. The molecule has 0 spiro atoms. The summed E-state index contributed by atoms with van der Waals surface area (Å²) in [5.41, 5.74) is 5.50. The highest BCUT2D eigenvalue weighted by molar-refractivity contribution is 8.15. The second kappa shape index (κ2) is 13.5. The number of carbonyl (C=O) groups excluding carboxylic acids is 2. The molecule has 0 unspecified atom stereocenters. The third-order valence-electron chi connectivity index (χ3n) is 6.74. The molecule has 0 aliphatic carbocycles. The van der Waals surface area contributed by atoms with E-state index in [1.165, 1.54) is 51.9 Å². The molecule has 0 bridgehead atoms. The second-order valence-corrected chi connectivity index (χ2v) is 11.3. The van der Waals surface area contributed by atoms with E-state index in [1.807, 2.05) is 49.4 Å². The lowest BCUT2D eigenvalue weighted by atomic mass is 10.0. The van der Waals surface area contributed by atoms with Gasteiger partial charge < -0.3 is 4.74 Å². The minimum Gasteiger partial charge on any atom is -0.406 e. The van der Waals surface area contributed by atoms with E-state index in [-0.39, 0.29) is 17.4 Å². The fraction of sp³-hybridized carbons (Fsp3) is 0.250. The van der Waals surface area contributed by atoms with Gasteiger partial charge in [0.15, 0.2) is 11.0 Å². The number of hydrogen-bond donors (Lipinski definition) is 0. The Labute approximate surface area is 261 Å². The van der Waals surface area contributed by atoms with E-state index in [2.05, 4.69) is 31.7 Å². The van der Waals surface area contributed by atoms with Crippen LogP contribution in [0.25, 0.3) is 17.1 Å². The normalized spacial score (nSPS) is 14.8. The van der Waals surface area contributed by atoms with Gasteiger partial charge in [-0.1, -0.05) is 61.5 Å². The number of aryl methyl sites for hydroxylation is 2. The number of thioether (sulfide) groups is 1. The minimum absolute atomic E-state index is 0.122. The van der Waals surface area contributed by atoms with Crippen molar-refractivity contribution < 1.29 is 27.5 Å². The van der Waals surface area contributed by atoms with Gasteiger partial charge in [0.2, 0.25) is 5.91 Å². The number of alkyl halides is 3. The van der Waals surface area contributed by atoms with Gasteiger partial charge in [0, 0.05) is 17.7 Å². The highest BCUT2D eigenvalue weighted by Gasteiger charge is 2.32. The number of amides is 3. The number of benzene rings is 3. The fourth-order valence-electron chi connectivity index (χ4n) is 4.74. The van der Waals surface area contributed by atoms with Gasteiger partial charge >= 0.3 is 12.4 Å². The topological polar surface area (TPSA) is 102 Å². The van der Waals surface area contributed by atoms with E-state index >= 15 is 0 Å². The van der Waals surface area contributed by atoms with Crippen LogP contribution in [0.3, 0.4) is 0 Å². The quantitative estimate of drug-likeness (QED) is 0.188. The molecule has 5 rings (SSSR count). The molecule has 1 fully saturated rings. The average molecular weight is 635 g/mol. The van der Waals surface area contributed by atoms with Crippen LogP contribution >= 0.6 is 11.8 Å². The maximum absolute atomic E-state index is 12.8. The number of carbonyl (C=O) groups is 2. The molecule has 3 amide bonds. The van der Waals surface area contributed by atoms with E-state index in [4.69, 9.17) is 0 Å². The first-order valence-electron chi connectivity index (χ1n) is 14.1. The van der Waals surface area contributed by atoms with Crippen molar-refractivity contribution in [2.45, 2.75) is 46.4 Å². The summed E-state index contributed by atoms with van der Waals surface area (Å²) >= 11 is 1.22. The zero-order valence-electron chi connectivity index (χ0n) is 24.7. The van der Waals surface area contributed by atoms with Gasteiger partial charge in [-0.3, -0.25) is 9.69 Å². The van der Waals surface area contributed by atoms with Crippen LogP contribution in [0, 0.1) is 6.92 Å². The standard InChI is InChI=1S/C32H29F3N6O3S/c1-4-5-23-9-6-20(2)16-27(23)41-28(42)18-45-31(41)38-30(43)37-21(3)17-22-7-10-24(11-8-22)29-36-19-40(39-29)25-12-14-26(15-13-25)44-32(33,34)35/h6-16,19H,4-5,17-18H2,1-3H3. The van der Waals surface area contributed by atoms with Crippen LogP contribution in [-0.4, -0.2) is 49.7 Å². The summed E-state index contributed by atoms with van der Waals surface area (Å²) in [4.78, 5) is 39.7. The Hall–Kier alpha value is -4.78. The molecule has 2 heterocycles. The summed E-state index contributed by atoms with van der Waals surface area (Å²) in [7, 11) is 0. The molecule has 0 N–H and O–H groups in total. The number of aliphatic imine (C=N–C) groups is 2. The zero-order valence-corrected chi connectivity index (χ0v) is 25.5. The Bertz CT molecular complexity index is 1770. The molecule has 1 aliphatic heterocycles. The predicted octanol–water partition coefficient (Wildman–Crippen LogP) is 7.35. The van der Waals surface area contributed by atoms with Crippen LogP contribution < -0.4 is 9.64 Å². The largest absolute Gasteiger partial charge is 0.573 e. The number of halogens is 3. The van der Waals surface area contributed by atoms with Gasteiger partial charge in [-0.05, 0) is 67.3 Å². The molecule has 0 radical (unpaired) electrons. The minimum atomic E-state index is -4.76. The maximum atomic E-state index is 12.8. The van der Waals surface area contributed by atoms with Crippen molar-refractivity contribution in [3.8, 4) is 22.8 Å². The highest BCUT2D eigenvalue weighted by Crippen LogP contribution is 2.31. The third kappa shape index (κ3) is 8.04. The Morgan fingerprint density at radius 1 is 1.07 bits per heavy atom. The van der Waals surface area contributed by atoms with Crippen LogP contribution in [0.2, 0.25) is 0 Å². The molecular weight excluding hydrogens is 605 g/mol. The molecule has 232 valence electrons. The van der Waals surface area contributed by atoms with Crippen LogP contribution in [0.4, 0.5) is 23.7 Å². The van der Waals surface area contributed by atoms with E-state index in [0.717, 1.165) is 40.8 Å². The summed E-state index contributed by atoms with van der Waals surface area (Å²) < 4.78 is 42.6. The van der Waals surface area contributed by atoms with Crippen molar-refractivity contribution >= 4 is 40.3 Å². The number of urea groups is 1. The fourth-order valence-corrected chi connectivity index (χ4v) is 5.60.